The van der Waals surface area contributed by atoms with E-state index in [9.17, 15) is 4.79 Å². The highest BCUT2D eigenvalue weighted by molar-refractivity contribution is 9.10. The van der Waals surface area contributed by atoms with Gasteiger partial charge in [-0.05, 0) is 93.0 Å². The minimum Gasteiger partial charge on any atom is -0.444 e. The number of piperidine rings is 1. The summed E-state index contributed by atoms with van der Waals surface area (Å²) in [5.41, 5.74) is 0.800. The number of amides is 1. The van der Waals surface area contributed by atoms with Crippen LogP contribution in [0, 0.1) is 0 Å². The molecule has 2 fully saturated rings. The van der Waals surface area contributed by atoms with Crippen molar-refractivity contribution < 1.29 is 9.53 Å². The number of likely N-dealkylation sites (tertiary alicyclic amines) is 2. The van der Waals surface area contributed by atoms with Gasteiger partial charge >= 0.3 is 6.09 Å². The molecule has 3 heterocycles. The maximum Gasteiger partial charge on any atom is 0.410 e. The Morgan fingerprint density at radius 2 is 1.93 bits per heavy atom. The van der Waals surface area contributed by atoms with Crippen LogP contribution in [0.3, 0.4) is 0 Å². The summed E-state index contributed by atoms with van der Waals surface area (Å²) in [4.78, 5) is 21.3. The number of aromatic nitrogens is 1. The molecule has 0 bridgehead atoms. The molecule has 2 aliphatic rings. The van der Waals surface area contributed by atoms with Gasteiger partial charge in [-0.25, -0.2) is 9.78 Å². The summed E-state index contributed by atoms with van der Waals surface area (Å²) in [5, 5.41) is 3.55. The van der Waals surface area contributed by atoms with E-state index in [1.807, 2.05) is 31.9 Å². The molecule has 1 aromatic rings. The SMILES string of the molecule is CC(C)(C)OC(=O)N1CCC(c2cc(Br)cnc2NCCN2CCCC2)CC1. The Morgan fingerprint density at radius 3 is 2.57 bits per heavy atom. The third-order valence-electron chi connectivity index (χ3n) is 5.39. The van der Waals surface area contributed by atoms with Gasteiger partial charge in [-0.3, -0.25) is 0 Å². The molecule has 156 valence electrons. The van der Waals surface area contributed by atoms with E-state index in [0.717, 1.165) is 49.3 Å². The monoisotopic (exact) mass is 452 g/mol. The second kappa shape index (κ2) is 9.44. The van der Waals surface area contributed by atoms with E-state index in [4.69, 9.17) is 4.74 Å². The summed E-state index contributed by atoms with van der Waals surface area (Å²) in [7, 11) is 0. The van der Waals surface area contributed by atoms with Crippen molar-refractivity contribution in [1.82, 2.24) is 14.8 Å². The lowest BCUT2D eigenvalue weighted by atomic mass is 9.90. The largest absolute Gasteiger partial charge is 0.444 e. The van der Waals surface area contributed by atoms with Crippen LogP contribution in [0.4, 0.5) is 10.6 Å². The first kappa shape index (κ1) is 21.4. The second-order valence-corrected chi connectivity index (χ2v) is 9.72. The van der Waals surface area contributed by atoms with Gasteiger partial charge in [0.05, 0.1) is 0 Å². The van der Waals surface area contributed by atoms with Gasteiger partial charge in [0, 0.05) is 36.8 Å². The lowest BCUT2D eigenvalue weighted by Gasteiger charge is -2.34. The van der Waals surface area contributed by atoms with E-state index in [1.165, 1.54) is 31.5 Å². The summed E-state index contributed by atoms with van der Waals surface area (Å²) in [5.74, 6) is 1.39. The molecule has 0 unspecified atom stereocenters. The van der Waals surface area contributed by atoms with Crippen molar-refractivity contribution in [3.05, 3.63) is 22.3 Å². The van der Waals surface area contributed by atoms with E-state index in [0.29, 0.717) is 5.92 Å². The fourth-order valence-corrected chi connectivity index (χ4v) is 4.30. The number of carbonyl (C=O) groups excluding carboxylic acids is 1. The van der Waals surface area contributed by atoms with Crippen molar-refractivity contribution in [3.63, 3.8) is 0 Å². The predicted molar refractivity (Wildman–Crippen MR) is 116 cm³/mol. The molecule has 0 atom stereocenters. The molecule has 1 aromatic heterocycles. The van der Waals surface area contributed by atoms with Crippen molar-refractivity contribution >= 4 is 27.8 Å². The summed E-state index contributed by atoms with van der Waals surface area (Å²) in [6.07, 6.45) is 6.14. The Kier molecular flexibility index (Phi) is 7.20. The molecule has 1 N–H and O–H groups in total. The van der Waals surface area contributed by atoms with E-state index >= 15 is 0 Å². The molecule has 2 aliphatic heterocycles. The minimum atomic E-state index is -0.450. The number of anilines is 1. The number of ether oxygens (including phenoxy) is 1. The summed E-state index contributed by atoms with van der Waals surface area (Å²) in [6.45, 7) is 11.6. The Labute approximate surface area is 177 Å². The Balaban J connectivity index is 1.57. The van der Waals surface area contributed by atoms with Crippen LogP contribution in [-0.2, 0) is 4.74 Å². The first-order valence-electron chi connectivity index (χ1n) is 10.4. The van der Waals surface area contributed by atoms with Gasteiger partial charge in [0.15, 0.2) is 0 Å². The van der Waals surface area contributed by atoms with Gasteiger partial charge in [-0.2, -0.15) is 0 Å². The van der Waals surface area contributed by atoms with Crippen molar-refractivity contribution in [2.24, 2.45) is 0 Å². The van der Waals surface area contributed by atoms with Crippen molar-refractivity contribution in [2.75, 3.05) is 44.6 Å². The van der Waals surface area contributed by atoms with Crippen LogP contribution < -0.4 is 5.32 Å². The normalized spacial score (nSPS) is 19.1. The molecule has 0 aromatic carbocycles. The average Bonchev–Trinajstić information content (AvgIpc) is 3.15. The molecule has 0 spiro atoms. The zero-order valence-corrected chi connectivity index (χ0v) is 18.9. The zero-order chi connectivity index (χ0) is 20.1. The first-order chi connectivity index (χ1) is 13.3. The predicted octanol–water partition coefficient (Wildman–Crippen LogP) is 4.47. The van der Waals surface area contributed by atoms with Gasteiger partial charge in [0.25, 0.3) is 0 Å². The van der Waals surface area contributed by atoms with Crippen LogP contribution in [0.15, 0.2) is 16.7 Å². The van der Waals surface area contributed by atoms with Crippen LogP contribution in [0.1, 0.15) is 57.9 Å². The molecule has 2 saturated heterocycles. The zero-order valence-electron chi connectivity index (χ0n) is 17.3. The minimum absolute atomic E-state index is 0.206. The highest BCUT2D eigenvalue weighted by atomic mass is 79.9. The van der Waals surface area contributed by atoms with Gasteiger partial charge in [0.1, 0.15) is 11.4 Å². The van der Waals surface area contributed by atoms with Crippen LogP contribution in [0.2, 0.25) is 0 Å². The first-order valence-corrected chi connectivity index (χ1v) is 11.2. The molecule has 3 rings (SSSR count). The molecule has 0 radical (unpaired) electrons. The number of halogens is 1. The molecule has 28 heavy (non-hydrogen) atoms. The fourth-order valence-electron chi connectivity index (χ4n) is 3.95. The highest BCUT2D eigenvalue weighted by Crippen LogP contribution is 2.34. The van der Waals surface area contributed by atoms with E-state index in [-0.39, 0.29) is 6.09 Å². The Hall–Kier alpha value is -1.34. The Bertz CT molecular complexity index is 663. The smallest absolute Gasteiger partial charge is 0.410 e. The topological polar surface area (TPSA) is 57.7 Å². The van der Waals surface area contributed by atoms with Crippen molar-refractivity contribution in [2.45, 2.75) is 58.0 Å². The molecule has 6 nitrogen and oxygen atoms in total. The van der Waals surface area contributed by atoms with Crippen molar-refractivity contribution in [1.29, 1.82) is 0 Å². The number of carbonyl (C=O) groups is 1. The number of pyridine rings is 1. The maximum absolute atomic E-state index is 12.3. The average molecular weight is 453 g/mol. The molecule has 0 aliphatic carbocycles. The lowest BCUT2D eigenvalue weighted by molar-refractivity contribution is 0.0205. The number of nitrogens with zero attached hydrogens (tertiary/aromatic N) is 3. The third kappa shape index (κ3) is 6.08. The van der Waals surface area contributed by atoms with Gasteiger partial charge in [0.2, 0.25) is 0 Å². The molecular weight excluding hydrogens is 420 g/mol. The standard InChI is InChI=1S/C21H33BrN4O2/c1-21(2,3)28-20(27)26-11-6-16(7-12-26)18-14-17(22)15-24-19(18)23-8-13-25-9-4-5-10-25/h14-16H,4-13H2,1-3H3,(H,23,24). The lowest BCUT2D eigenvalue weighted by Crippen LogP contribution is -2.41. The molecule has 7 heteroatoms. The van der Waals surface area contributed by atoms with E-state index < -0.39 is 5.60 Å². The summed E-state index contributed by atoms with van der Waals surface area (Å²) in [6, 6.07) is 2.18. The number of hydrogen-bond acceptors (Lipinski definition) is 5. The van der Waals surface area contributed by atoms with E-state index in [1.54, 1.807) is 0 Å². The quantitative estimate of drug-likeness (QED) is 0.713. The highest BCUT2D eigenvalue weighted by Gasteiger charge is 2.29. The maximum atomic E-state index is 12.3. The van der Waals surface area contributed by atoms with Crippen LogP contribution >= 0.6 is 15.9 Å². The van der Waals surface area contributed by atoms with Gasteiger partial charge in [-0.15, -0.1) is 0 Å². The number of hydrogen-bond donors (Lipinski definition) is 1. The number of rotatable bonds is 5. The molecule has 1 amide bonds. The third-order valence-corrected chi connectivity index (χ3v) is 5.82. The van der Waals surface area contributed by atoms with Crippen molar-refractivity contribution in [3.8, 4) is 0 Å². The summed E-state index contributed by atoms with van der Waals surface area (Å²) < 4.78 is 6.51. The van der Waals surface area contributed by atoms with E-state index in [2.05, 4.69) is 37.2 Å². The summed E-state index contributed by atoms with van der Waals surface area (Å²) >= 11 is 3.57. The number of nitrogens with one attached hydrogen (secondary N) is 1. The van der Waals surface area contributed by atoms with Crippen LogP contribution in [-0.4, -0.2) is 65.7 Å². The van der Waals surface area contributed by atoms with Crippen LogP contribution in [0.25, 0.3) is 0 Å². The fraction of sp³-hybridized carbons (Fsp3) is 0.714. The van der Waals surface area contributed by atoms with Crippen LogP contribution in [0.5, 0.6) is 0 Å². The van der Waals surface area contributed by atoms with Gasteiger partial charge < -0.3 is 19.9 Å². The van der Waals surface area contributed by atoms with Gasteiger partial charge in [-0.1, -0.05) is 0 Å². The second-order valence-electron chi connectivity index (χ2n) is 8.81. The Morgan fingerprint density at radius 1 is 1.25 bits per heavy atom. The molecule has 0 saturated carbocycles. The molecular formula is C21H33BrN4O2.